The lowest BCUT2D eigenvalue weighted by atomic mass is 10.1. The molecule has 0 radical (unpaired) electrons. The number of aliphatic carboxylic acids is 1. The van der Waals surface area contributed by atoms with Crippen molar-refractivity contribution in [2.75, 3.05) is 12.3 Å². The molecule has 0 amide bonds. The summed E-state index contributed by atoms with van der Waals surface area (Å²) in [5.74, 6) is -0.981. The molecule has 0 atom stereocenters. The molecule has 0 fully saturated rings. The molecule has 1 rings (SSSR count). The first-order chi connectivity index (χ1) is 7.10. The molecule has 0 spiro atoms. The van der Waals surface area contributed by atoms with Crippen molar-refractivity contribution in [2.45, 2.75) is 6.42 Å². The maximum Gasteiger partial charge on any atom is 0.327 e. The zero-order chi connectivity index (χ0) is 11.7. The average molecular weight is 209 g/mol. The Balaban J connectivity index is 0.000000336. The summed E-state index contributed by atoms with van der Waals surface area (Å²) in [6, 6.07) is 7.55. The Morgan fingerprint density at radius 3 is 2.53 bits per heavy atom. The van der Waals surface area contributed by atoms with Crippen molar-refractivity contribution in [3.8, 4) is 0 Å². The molecule has 0 aliphatic heterocycles. The summed E-state index contributed by atoms with van der Waals surface area (Å²) >= 11 is 0. The third-order valence-corrected chi connectivity index (χ3v) is 1.53. The number of nitrogens with two attached hydrogens (primary N) is 1. The van der Waals surface area contributed by atoms with Crippen molar-refractivity contribution in [3.05, 3.63) is 42.5 Å². The van der Waals surface area contributed by atoms with Crippen LogP contribution in [0.2, 0.25) is 0 Å². The summed E-state index contributed by atoms with van der Waals surface area (Å²) in [6.07, 6.45) is 1.52. The van der Waals surface area contributed by atoms with Crippen LogP contribution in [0.1, 0.15) is 5.56 Å². The summed E-state index contributed by atoms with van der Waals surface area (Å²) in [6.45, 7) is 3.14. The van der Waals surface area contributed by atoms with E-state index in [1.807, 2.05) is 24.3 Å². The van der Waals surface area contributed by atoms with E-state index in [0.29, 0.717) is 6.42 Å². The minimum absolute atomic E-state index is 0.184. The number of benzene rings is 1. The Labute approximate surface area is 88.7 Å². The van der Waals surface area contributed by atoms with Crippen LogP contribution in [-0.4, -0.2) is 22.8 Å². The molecule has 0 aliphatic carbocycles. The molecule has 0 bridgehead atoms. The topological polar surface area (TPSA) is 83.5 Å². The van der Waals surface area contributed by atoms with E-state index in [-0.39, 0.29) is 6.61 Å². The molecule has 82 valence electrons. The van der Waals surface area contributed by atoms with Crippen LogP contribution >= 0.6 is 0 Å². The van der Waals surface area contributed by atoms with Gasteiger partial charge in [-0.3, -0.25) is 0 Å². The molecule has 15 heavy (non-hydrogen) atoms. The highest BCUT2D eigenvalue weighted by Gasteiger charge is 1.90. The largest absolute Gasteiger partial charge is 0.478 e. The lowest BCUT2D eigenvalue weighted by Gasteiger charge is -1.97. The minimum atomic E-state index is -0.981. The van der Waals surface area contributed by atoms with E-state index in [9.17, 15) is 4.79 Å². The highest BCUT2D eigenvalue weighted by molar-refractivity contribution is 5.78. The van der Waals surface area contributed by atoms with E-state index in [0.717, 1.165) is 17.3 Å². The molecule has 4 heteroatoms. The van der Waals surface area contributed by atoms with Crippen LogP contribution in [0.4, 0.5) is 5.69 Å². The second kappa shape index (κ2) is 7.58. The zero-order valence-corrected chi connectivity index (χ0v) is 8.39. The SMILES string of the molecule is C=CC(=O)O.Nc1cccc(CCO)c1. The Bertz CT molecular complexity index is 323. The van der Waals surface area contributed by atoms with Crippen molar-refractivity contribution < 1.29 is 15.0 Å². The van der Waals surface area contributed by atoms with Crippen LogP contribution in [0.15, 0.2) is 36.9 Å². The summed E-state index contributed by atoms with van der Waals surface area (Å²) in [7, 11) is 0. The molecule has 4 N–H and O–H groups in total. The second-order valence-electron chi connectivity index (χ2n) is 2.76. The number of nitrogen functional groups attached to an aromatic ring is 1. The summed E-state index contributed by atoms with van der Waals surface area (Å²) in [5.41, 5.74) is 7.35. The first kappa shape index (κ1) is 13.2. The molecule has 1 aromatic carbocycles. The quantitative estimate of drug-likeness (QED) is 0.513. The number of anilines is 1. The molecule has 4 nitrogen and oxygen atoms in total. The first-order valence-corrected chi connectivity index (χ1v) is 4.40. The van der Waals surface area contributed by atoms with Crippen LogP contribution in [0.3, 0.4) is 0 Å². The van der Waals surface area contributed by atoms with Gasteiger partial charge in [-0.05, 0) is 24.1 Å². The van der Waals surface area contributed by atoms with Crippen LogP contribution in [-0.2, 0) is 11.2 Å². The van der Waals surface area contributed by atoms with Gasteiger partial charge in [0.1, 0.15) is 0 Å². The predicted molar refractivity (Wildman–Crippen MR) is 59.5 cm³/mol. The molecule has 0 heterocycles. The van der Waals surface area contributed by atoms with Crippen molar-refractivity contribution in [3.63, 3.8) is 0 Å². The van der Waals surface area contributed by atoms with Gasteiger partial charge in [-0.2, -0.15) is 0 Å². The number of rotatable bonds is 3. The first-order valence-electron chi connectivity index (χ1n) is 4.40. The lowest BCUT2D eigenvalue weighted by Crippen LogP contribution is -1.91. The van der Waals surface area contributed by atoms with E-state index in [4.69, 9.17) is 15.9 Å². The van der Waals surface area contributed by atoms with Gasteiger partial charge in [-0.1, -0.05) is 18.7 Å². The van der Waals surface area contributed by atoms with Gasteiger partial charge >= 0.3 is 5.97 Å². The van der Waals surface area contributed by atoms with Gasteiger partial charge in [0.15, 0.2) is 0 Å². The van der Waals surface area contributed by atoms with Gasteiger partial charge in [0.05, 0.1) is 0 Å². The van der Waals surface area contributed by atoms with Crippen molar-refractivity contribution in [1.29, 1.82) is 0 Å². The van der Waals surface area contributed by atoms with Gasteiger partial charge in [0.25, 0.3) is 0 Å². The summed E-state index contributed by atoms with van der Waals surface area (Å²) in [5, 5.41) is 16.2. The van der Waals surface area contributed by atoms with Crippen molar-refractivity contribution in [1.82, 2.24) is 0 Å². The van der Waals surface area contributed by atoms with Gasteiger partial charge in [-0.25, -0.2) is 4.79 Å². The predicted octanol–water partition coefficient (Wildman–Crippen LogP) is 1.06. The third kappa shape index (κ3) is 7.28. The van der Waals surface area contributed by atoms with Gasteiger partial charge in [0.2, 0.25) is 0 Å². The molecule has 0 aliphatic rings. The molecule has 0 aromatic heterocycles. The molecule has 0 saturated carbocycles. The average Bonchev–Trinajstić information content (AvgIpc) is 2.19. The number of hydrogen-bond donors (Lipinski definition) is 3. The number of hydrogen-bond acceptors (Lipinski definition) is 3. The van der Waals surface area contributed by atoms with Crippen LogP contribution < -0.4 is 5.73 Å². The maximum atomic E-state index is 9.25. The Hall–Kier alpha value is -1.81. The van der Waals surface area contributed by atoms with E-state index in [2.05, 4.69) is 6.58 Å². The third-order valence-electron chi connectivity index (χ3n) is 1.53. The zero-order valence-electron chi connectivity index (χ0n) is 8.39. The van der Waals surface area contributed by atoms with Gasteiger partial charge in [-0.15, -0.1) is 0 Å². The fourth-order valence-electron chi connectivity index (χ4n) is 0.878. The molecular weight excluding hydrogens is 194 g/mol. The Morgan fingerprint density at radius 1 is 1.53 bits per heavy atom. The highest BCUT2D eigenvalue weighted by atomic mass is 16.4. The fraction of sp³-hybridized carbons (Fsp3) is 0.182. The fourth-order valence-corrected chi connectivity index (χ4v) is 0.878. The smallest absolute Gasteiger partial charge is 0.327 e. The van der Waals surface area contributed by atoms with Gasteiger partial charge in [0, 0.05) is 18.4 Å². The van der Waals surface area contributed by atoms with Crippen LogP contribution in [0, 0.1) is 0 Å². The number of carboxylic acids is 1. The number of carboxylic acid groups (broad SMARTS) is 1. The van der Waals surface area contributed by atoms with E-state index >= 15 is 0 Å². The molecule has 0 saturated heterocycles. The lowest BCUT2D eigenvalue weighted by molar-refractivity contribution is -0.131. The summed E-state index contributed by atoms with van der Waals surface area (Å²) < 4.78 is 0. The number of carbonyl (C=O) groups is 1. The molecule has 1 aromatic rings. The Morgan fingerprint density at radius 2 is 2.13 bits per heavy atom. The van der Waals surface area contributed by atoms with E-state index < -0.39 is 5.97 Å². The Kier molecular flexibility index (Phi) is 6.67. The minimum Gasteiger partial charge on any atom is -0.478 e. The second-order valence-corrected chi connectivity index (χ2v) is 2.76. The van der Waals surface area contributed by atoms with Crippen LogP contribution in [0.5, 0.6) is 0 Å². The number of aliphatic hydroxyl groups is 1. The molecule has 0 unspecified atom stereocenters. The van der Waals surface area contributed by atoms with E-state index in [1.165, 1.54) is 0 Å². The standard InChI is InChI=1S/C8H11NO.C3H4O2/c9-8-3-1-2-7(6-8)4-5-10;1-2-3(4)5/h1-3,6,10H,4-5,9H2;2H,1H2,(H,4,5). The molecular formula is C11H15NO3. The van der Waals surface area contributed by atoms with Crippen LogP contribution in [0.25, 0.3) is 0 Å². The highest BCUT2D eigenvalue weighted by Crippen LogP contribution is 2.06. The van der Waals surface area contributed by atoms with E-state index in [1.54, 1.807) is 0 Å². The van der Waals surface area contributed by atoms with Gasteiger partial charge < -0.3 is 15.9 Å². The maximum absolute atomic E-state index is 9.25. The number of aliphatic hydroxyl groups excluding tert-OH is 1. The monoisotopic (exact) mass is 209 g/mol. The van der Waals surface area contributed by atoms with Crippen molar-refractivity contribution >= 4 is 11.7 Å². The van der Waals surface area contributed by atoms with Crippen molar-refractivity contribution in [2.24, 2.45) is 0 Å². The summed E-state index contributed by atoms with van der Waals surface area (Å²) in [4.78, 5) is 9.25. The normalized spacial score (nSPS) is 8.60.